The van der Waals surface area contributed by atoms with Crippen molar-refractivity contribution < 1.29 is 23.8 Å². The maximum Gasteiger partial charge on any atom is 0.341 e. The molecule has 1 aliphatic heterocycles. The largest absolute Gasteiger partial charge is 0.486 e. The van der Waals surface area contributed by atoms with Gasteiger partial charge >= 0.3 is 5.97 Å². The van der Waals surface area contributed by atoms with Crippen molar-refractivity contribution in [2.75, 3.05) is 19.8 Å². The number of ether oxygens (including phenoxy) is 3. The standard InChI is InChI=1S/C21H16N2O5/c24-17(15-6-7-18-19(10-15)27-9-8-26-18)13-28-21(25)16-11-22-20(23-12-16)14-4-2-1-3-5-14/h1-7,10-12H,8-9,13H2. The van der Waals surface area contributed by atoms with Crippen molar-refractivity contribution in [1.29, 1.82) is 0 Å². The predicted molar refractivity (Wildman–Crippen MR) is 99.5 cm³/mol. The Hall–Kier alpha value is -3.74. The molecule has 1 aromatic heterocycles. The SMILES string of the molecule is O=C(COC(=O)c1cnc(-c2ccccc2)nc1)c1ccc2c(c1)OCCO2. The fourth-order valence-corrected chi connectivity index (χ4v) is 2.68. The quantitative estimate of drug-likeness (QED) is 0.500. The van der Waals surface area contributed by atoms with Crippen molar-refractivity contribution in [3.05, 3.63) is 72.1 Å². The zero-order valence-electron chi connectivity index (χ0n) is 14.8. The molecule has 2 aromatic carbocycles. The molecule has 1 aliphatic rings. The highest BCUT2D eigenvalue weighted by molar-refractivity contribution is 5.99. The fourth-order valence-electron chi connectivity index (χ4n) is 2.68. The van der Waals surface area contributed by atoms with Crippen LogP contribution in [-0.2, 0) is 4.74 Å². The highest BCUT2D eigenvalue weighted by atomic mass is 16.6. The van der Waals surface area contributed by atoms with Gasteiger partial charge in [-0.15, -0.1) is 0 Å². The van der Waals surface area contributed by atoms with E-state index in [9.17, 15) is 9.59 Å². The Kier molecular flexibility index (Phi) is 4.97. The van der Waals surface area contributed by atoms with Crippen LogP contribution in [0.3, 0.4) is 0 Å². The lowest BCUT2D eigenvalue weighted by Gasteiger charge is -2.18. The number of nitrogens with zero attached hydrogens (tertiary/aromatic N) is 2. The van der Waals surface area contributed by atoms with Crippen molar-refractivity contribution in [3.63, 3.8) is 0 Å². The average Bonchev–Trinajstić information content (AvgIpc) is 2.77. The molecule has 0 unspecified atom stereocenters. The second kappa shape index (κ2) is 7.87. The van der Waals surface area contributed by atoms with Crippen LogP contribution in [0.5, 0.6) is 11.5 Å². The Morgan fingerprint density at radius 3 is 2.36 bits per heavy atom. The van der Waals surface area contributed by atoms with Crippen molar-refractivity contribution in [2.24, 2.45) is 0 Å². The first kappa shape index (κ1) is 17.7. The number of hydrogen-bond acceptors (Lipinski definition) is 7. The summed E-state index contributed by atoms with van der Waals surface area (Å²) < 4.78 is 16.0. The molecule has 0 radical (unpaired) electrons. The number of esters is 1. The topological polar surface area (TPSA) is 87.6 Å². The lowest BCUT2D eigenvalue weighted by molar-refractivity contribution is 0.0473. The van der Waals surface area contributed by atoms with Gasteiger partial charge in [0.2, 0.25) is 0 Å². The van der Waals surface area contributed by atoms with Crippen molar-refractivity contribution in [2.45, 2.75) is 0 Å². The summed E-state index contributed by atoms with van der Waals surface area (Å²) in [5.41, 5.74) is 1.40. The Balaban J connectivity index is 1.38. The normalized spacial score (nSPS) is 12.3. The number of benzene rings is 2. The van der Waals surface area contributed by atoms with Crippen molar-refractivity contribution in [3.8, 4) is 22.9 Å². The van der Waals surface area contributed by atoms with Crippen LogP contribution in [0.15, 0.2) is 60.9 Å². The molecule has 0 fully saturated rings. The molecule has 0 aliphatic carbocycles. The number of aromatic nitrogens is 2. The molecule has 140 valence electrons. The van der Waals surface area contributed by atoms with E-state index in [0.717, 1.165) is 5.56 Å². The molecule has 3 aromatic rings. The second-order valence-electron chi connectivity index (χ2n) is 6.02. The molecule has 0 bridgehead atoms. The summed E-state index contributed by atoms with van der Waals surface area (Å²) in [7, 11) is 0. The number of ketones is 1. The molecule has 0 atom stereocenters. The molecule has 0 saturated carbocycles. The average molecular weight is 376 g/mol. The van der Waals surface area contributed by atoms with Crippen LogP contribution < -0.4 is 9.47 Å². The van der Waals surface area contributed by atoms with Crippen LogP contribution in [0.25, 0.3) is 11.4 Å². The number of hydrogen-bond donors (Lipinski definition) is 0. The smallest absolute Gasteiger partial charge is 0.341 e. The van der Waals surface area contributed by atoms with Crippen LogP contribution in [0.4, 0.5) is 0 Å². The minimum atomic E-state index is -0.662. The maximum atomic E-state index is 12.3. The van der Waals surface area contributed by atoms with E-state index >= 15 is 0 Å². The Labute approximate surface area is 160 Å². The van der Waals surface area contributed by atoms with Gasteiger partial charge in [-0.2, -0.15) is 0 Å². The van der Waals surface area contributed by atoms with Crippen LogP contribution in [0.1, 0.15) is 20.7 Å². The third-order valence-corrected chi connectivity index (χ3v) is 4.12. The number of carbonyl (C=O) groups is 2. The summed E-state index contributed by atoms with van der Waals surface area (Å²) >= 11 is 0. The van der Waals surface area contributed by atoms with Gasteiger partial charge in [0.05, 0.1) is 5.56 Å². The third-order valence-electron chi connectivity index (χ3n) is 4.12. The van der Waals surface area contributed by atoms with Crippen LogP contribution >= 0.6 is 0 Å². The minimum absolute atomic E-state index is 0.176. The van der Waals surface area contributed by atoms with E-state index in [0.29, 0.717) is 36.1 Å². The van der Waals surface area contributed by atoms with E-state index in [2.05, 4.69) is 9.97 Å². The van der Waals surface area contributed by atoms with E-state index in [1.165, 1.54) is 12.4 Å². The lowest BCUT2D eigenvalue weighted by atomic mass is 10.1. The molecule has 28 heavy (non-hydrogen) atoms. The number of carbonyl (C=O) groups excluding carboxylic acids is 2. The van der Waals surface area contributed by atoms with E-state index in [-0.39, 0.29) is 18.0 Å². The maximum absolute atomic E-state index is 12.3. The molecule has 7 heteroatoms. The highest BCUT2D eigenvalue weighted by Gasteiger charge is 2.17. The molecular formula is C21H16N2O5. The Bertz CT molecular complexity index is 1000. The summed E-state index contributed by atoms with van der Waals surface area (Å²) in [5, 5.41) is 0. The van der Waals surface area contributed by atoms with E-state index in [4.69, 9.17) is 14.2 Å². The minimum Gasteiger partial charge on any atom is -0.486 e. The second-order valence-corrected chi connectivity index (χ2v) is 6.02. The fraction of sp³-hybridized carbons (Fsp3) is 0.143. The monoisotopic (exact) mass is 376 g/mol. The first-order chi connectivity index (χ1) is 13.7. The molecule has 7 nitrogen and oxygen atoms in total. The summed E-state index contributed by atoms with van der Waals surface area (Å²) in [4.78, 5) is 32.8. The van der Waals surface area contributed by atoms with Gasteiger partial charge in [-0.3, -0.25) is 4.79 Å². The molecule has 2 heterocycles. The Morgan fingerprint density at radius 1 is 0.893 bits per heavy atom. The van der Waals surface area contributed by atoms with Gasteiger partial charge in [-0.25, -0.2) is 14.8 Å². The van der Waals surface area contributed by atoms with Crippen LogP contribution in [0, 0.1) is 0 Å². The summed E-state index contributed by atoms with van der Waals surface area (Å²) in [5.74, 6) is 0.603. The van der Waals surface area contributed by atoms with Gasteiger partial charge < -0.3 is 14.2 Å². The van der Waals surface area contributed by atoms with Crippen LogP contribution in [-0.4, -0.2) is 41.5 Å². The van der Waals surface area contributed by atoms with E-state index in [1.54, 1.807) is 18.2 Å². The third kappa shape index (κ3) is 3.83. The predicted octanol–water partition coefficient (Wildman–Crippen LogP) is 2.95. The lowest BCUT2D eigenvalue weighted by Crippen LogP contribution is -2.17. The van der Waals surface area contributed by atoms with Gasteiger partial charge in [0.1, 0.15) is 13.2 Å². The molecule has 0 N–H and O–H groups in total. The molecular weight excluding hydrogens is 360 g/mol. The van der Waals surface area contributed by atoms with E-state index in [1.807, 2.05) is 30.3 Å². The molecule has 0 spiro atoms. The molecule has 0 saturated heterocycles. The number of rotatable bonds is 5. The van der Waals surface area contributed by atoms with Gasteiger partial charge in [0.25, 0.3) is 0 Å². The first-order valence-corrected chi connectivity index (χ1v) is 8.68. The Morgan fingerprint density at radius 2 is 1.61 bits per heavy atom. The van der Waals surface area contributed by atoms with Gasteiger partial charge in [0.15, 0.2) is 29.7 Å². The van der Waals surface area contributed by atoms with Gasteiger partial charge in [-0.1, -0.05) is 30.3 Å². The highest BCUT2D eigenvalue weighted by Crippen LogP contribution is 2.30. The first-order valence-electron chi connectivity index (χ1n) is 8.68. The van der Waals surface area contributed by atoms with Crippen molar-refractivity contribution >= 4 is 11.8 Å². The van der Waals surface area contributed by atoms with Gasteiger partial charge in [-0.05, 0) is 18.2 Å². The van der Waals surface area contributed by atoms with E-state index < -0.39 is 5.97 Å². The molecule has 4 rings (SSSR count). The summed E-state index contributed by atoms with van der Waals surface area (Å²) in [6.45, 7) is 0.514. The zero-order chi connectivity index (χ0) is 19.3. The zero-order valence-corrected chi connectivity index (χ0v) is 14.8. The van der Waals surface area contributed by atoms with Crippen LogP contribution in [0.2, 0.25) is 0 Å². The molecule has 0 amide bonds. The number of fused-ring (bicyclic) bond motifs is 1. The summed E-state index contributed by atoms with van der Waals surface area (Å²) in [6.07, 6.45) is 2.76. The van der Waals surface area contributed by atoms with Gasteiger partial charge in [0, 0.05) is 23.5 Å². The van der Waals surface area contributed by atoms with Crippen molar-refractivity contribution in [1.82, 2.24) is 9.97 Å². The number of Topliss-reactive ketones (excluding diaryl/α,β-unsaturated/α-hetero) is 1. The summed E-state index contributed by atoms with van der Waals surface area (Å²) in [6, 6.07) is 14.3.